The summed E-state index contributed by atoms with van der Waals surface area (Å²) in [5, 5.41) is 0. The van der Waals surface area contributed by atoms with Crippen molar-refractivity contribution in [3.8, 4) is 0 Å². The molecule has 0 spiro atoms. The van der Waals surface area contributed by atoms with Gasteiger partial charge in [-0.3, -0.25) is 9.78 Å². The van der Waals surface area contributed by atoms with Crippen LogP contribution in [0.3, 0.4) is 0 Å². The normalized spacial score (nSPS) is 10.4. The highest BCUT2D eigenvalue weighted by Crippen LogP contribution is 2.04. The number of aromatic amines is 1. The lowest BCUT2D eigenvalue weighted by molar-refractivity contribution is 1.16. The maximum atomic E-state index is 10.9. The molecule has 2 aromatic rings. The number of hydrogen-bond acceptors (Lipinski definition) is 3. The van der Waals surface area contributed by atoms with Gasteiger partial charge in [-0.15, -0.1) is 0 Å². The molecule has 4 heteroatoms. The molecule has 0 unspecified atom stereocenters. The zero-order valence-corrected chi connectivity index (χ0v) is 6.53. The number of fused-ring (bicyclic) bond motifs is 1. The third kappa shape index (κ3) is 1.07. The molecule has 0 saturated heterocycles. The van der Waals surface area contributed by atoms with Crippen molar-refractivity contribution in [2.45, 2.75) is 6.92 Å². The van der Waals surface area contributed by atoms with Crippen molar-refractivity contribution in [1.29, 1.82) is 0 Å². The van der Waals surface area contributed by atoms with E-state index in [1.54, 1.807) is 12.3 Å². The molecular formula is C8H7N3O. The van der Waals surface area contributed by atoms with E-state index in [4.69, 9.17) is 0 Å². The molecule has 0 saturated carbocycles. The summed E-state index contributed by atoms with van der Waals surface area (Å²) in [7, 11) is 0. The summed E-state index contributed by atoms with van der Waals surface area (Å²) in [5.74, 6) is 0. The fourth-order valence-corrected chi connectivity index (χ4v) is 1.05. The molecule has 0 aromatic carbocycles. The van der Waals surface area contributed by atoms with Gasteiger partial charge in [0.1, 0.15) is 5.52 Å². The second-order valence-electron chi connectivity index (χ2n) is 2.59. The van der Waals surface area contributed by atoms with Crippen molar-refractivity contribution < 1.29 is 0 Å². The lowest BCUT2D eigenvalue weighted by Gasteiger charge is -1.95. The number of aromatic nitrogens is 3. The van der Waals surface area contributed by atoms with E-state index < -0.39 is 0 Å². The summed E-state index contributed by atoms with van der Waals surface area (Å²) in [6.45, 7) is 1.87. The SMILES string of the molecule is Cc1cc2[nH]c(=O)cnc2cn1. The molecule has 60 valence electrons. The highest BCUT2D eigenvalue weighted by Gasteiger charge is 1.95. The van der Waals surface area contributed by atoms with E-state index in [1.165, 1.54) is 6.20 Å². The maximum absolute atomic E-state index is 10.9. The number of H-pyrrole nitrogens is 1. The zero-order valence-electron chi connectivity index (χ0n) is 6.53. The Bertz CT molecular complexity index is 475. The van der Waals surface area contributed by atoms with E-state index in [-0.39, 0.29) is 5.56 Å². The molecule has 0 fully saturated rings. The van der Waals surface area contributed by atoms with Crippen LogP contribution in [0.25, 0.3) is 11.0 Å². The highest BCUT2D eigenvalue weighted by molar-refractivity contribution is 5.72. The highest BCUT2D eigenvalue weighted by atomic mass is 16.1. The molecule has 1 N–H and O–H groups in total. The van der Waals surface area contributed by atoms with Gasteiger partial charge in [0.2, 0.25) is 0 Å². The van der Waals surface area contributed by atoms with Gasteiger partial charge in [0.05, 0.1) is 17.9 Å². The van der Waals surface area contributed by atoms with Gasteiger partial charge in [-0.25, -0.2) is 4.98 Å². The van der Waals surface area contributed by atoms with E-state index in [2.05, 4.69) is 15.0 Å². The van der Waals surface area contributed by atoms with Gasteiger partial charge < -0.3 is 4.98 Å². The first kappa shape index (κ1) is 6.97. The third-order valence-corrected chi connectivity index (χ3v) is 1.60. The molecule has 2 heterocycles. The molecule has 0 amide bonds. The number of hydrogen-bond donors (Lipinski definition) is 1. The summed E-state index contributed by atoms with van der Waals surface area (Å²) in [4.78, 5) is 21.5. The maximum Gasteiger partial charge on any atom is 0.266 e. The van der Waals surface area contributed by atoms with Gasteiger partial charge in [0, 0.05) is 5.69 Å². The van der Waals surface area contributed by atoms with E-state index in [0.717, 1.165) is 11.2 Å². The van der Waals surface area contributed by atoms with Crippen molar-refractivity contribution in [2.75, 3.05) is 0 Å². The van der Waals surface area contributed by atoms with Crippen LogP contribution in [0.4, 0.5) is 0 Å². The monoisotopic (exact) mass is 161 g/mol. The molecule has 12 heavy (non-hydrogen) atoms. The predicted molar refractivity (Wildman–Crippen MR) is 44.9 cm³/mol. The largest absolute Gasteiger partial charge is 0.319 e. The van der Waals surface area contributed by atoms with E-state index in [9.17, 15) is 4.79 Å². The van der Waals surface area contributed by atoms with Crippen LogP contribution >= 0.6 is 0 Å². The average Bonchev–Trinajstić information content (AvgIpc) is 2.03. The summed E-state index contributed by atoms with van der Waals surface area (Å²) in [6, 6.07) is 1.80. The van der Waals surface area contributed by atoms with Gasteiger partial charge in [-0.05, 0) is 13.0 Å². The van der Waals surface area contributed by atoms with E-state index in [0.29, 0.717) is 5.52 Å². The topological polar surface area (TPSA) is 58.6 Å². The Kier molecular flexibility index (Phi) is 1.40. The Morgan fingerprint density at radius 1 is 1.33 bits per heavy atom. The van der Waals surface area contributed by atoms with Gasteiger partial charge in [-0.2, -0.15) is 0 Å². The number of nitrogens with one attached hydrogen (secondary N) is 1. The van der Waals surface area contributed by atoms with Crippen molar-refractivity contribution in [3.05, 3.63) is 34.5 Å². The van der Waals surface area contributed by atoms with Crippen LogP contribution < -0.4 is 5.56 Å². The van der Waals surface area contributed by atoms with Crippen molar-refractivity contribution >= 4 is 11.0 Å². The standard InChI is InChI=1S/C8H7N3O/c1-5-2-6-7(3-9-5)10-4-8(12)11-6/h2-4H,1H3,(H,11,12). The minimum atomic E-state index is -0.187. The van der Waals surface area contributed by atoms with Gasteiger partial charge in [0.25, 0.3) is 5.56 Å². The van der Waals surface area contributed by atoms with E-state index in [1.807, 2.05) is 6.92 Å². The molecule has 0 aliphatic rings. The zero-order chi connectivity index (χ0) is 8.55. The van der Waals surface area contributed by atoms with Crippen LogP contribution in [-0.4, -0.2) is 15.0 Å². The molecule has 2 aromatic heterocycles. The first-order chi connectivity index (χ1) is 5.75. The van der Waals surface area contributed by atoms with Crippen molar-refractivity contribution in [3.63, 3.8) is 0 Å². The minimum absolute atomic E-state index is 0.187. The first-order valence-corrected chi connectivity index (χ1v) is 3.57. The second-order valence-corrected chi connectivity index (χ2v) is 2.59. The van der Waals surface area contributed by atoms with Crippen LogP contribution in [0.1, 0.15) is 5.69 Å². The molecule has 0 radical (unpaired) electrons. The fraction of sp³-hybridized carbons (Fsp3) is 0.125. The molecular weight excluding hydrogens is 154 g/mol. The molecule has 2 rings (SSSR count). The van der Waals surface area contributed by atoms with Crippen molar-refractivity contribution in [2.24, 2.45) is 0 Å². The summed E-state index contributed by atoms with van der Waals surface area (Å²) in [5.41, 5.74) is 2.12. The smallest absolute Gasteiger partial charge is 0.266 e. The van der Waals surface area contributed by atoms with E-state index >= 15 is 0 Å². The Balaban J connectivity index is 2.89. The fourth-order valence-electron chi connectivity index (χ4n) is 1.05. The second kappa shape index (κ2) is 2.41. The third-order valence-electron chi connectivity index (χ3n) is 1.60. The summed E-state index contributed by atoms with van der Waals surface area (Å²) >= 11 is 0. The number of rotatable bonds is 0. The predicted octanol–water partition coefficient (Wildman–Crippen LogP) is 0.627. The minimum Gasteiger partial charge on any atom is -0.319 e. The molecule has 0 aliphatic carbocycles. The quantitative estimate of drug-likeness (QED) is 0.616. The molecule has 4 nitrogen and oxygen atoms in total. The summed E-state index contributed by atoms with van der Waals surface area (Å²) in [6.07, 6.45) is 2.89. The lowest BCUT2D eigenvalue weighted by atomic mass is 10.3. The van der Waals surface area contributed by atoms with Crippen LogP contribution in [0, 0.1) is 6.92 Å². The number of aryl methyl sites for hydroxylation is 1. The average molecular weight is 161 g/mol. The number of pyridine rings is 1. The Morgan fingerprint density at radius 2 is 2.17 bits per heavy atom. The Labute approximate surface area is 68.3 Å². The van der Waals surface area contributed by atoms with Gasteiger partial charge in [-0.1, -0.05) is 0 Å². The molecule has 0 bridgehead atoms. The van der Waals surface area contributed by atoms with Crippen LogP contribution in [0.15, 0.2) is 23.3 Å². The van der Waals surface area contributed by atoms with Crippen LogP contribution in [0.5, 0.6) is 0 Å². The Hall–Kier alpha value is -1.71. The van der Waals surface area contributed by atoms with Gasteiger partial charge >= 0.3 is 0 Å². The first-order valence-electron chi connectivity index (χ1n) is 3.57. The summed E-state index contributed by atoms with van der Waals surface area (Å²) < 4.78 is 0. The van der Waals surface area contributed by atoms with Crippen LogP contribution in [0.2, 0.25) is 0 Å². The Morgan fingerprint density at radius 3 is 3.00 bits per heavy atom. The number of nitrogens with zero attached hydrogens (tertiary/aromatic N) is 2. The molecule has 0 atom stereocenters. The van der Waals surface area contributed by atoms with Crippen LogP contribution in [-0.2, 0) is 0 Å². The lowest BCUT2D eigenvalue weighted by Crippen LogP contribution is -2.05. The van der Waals surface area contributed by atoms with Crippen molar-refractivity contribution in [1.82, 2.24) is 15.0 Å². The molecule has 0 aliphatic heterocycles. The van der Waals surface area contributed by atoms with Gasteiger partial charge in [0.15, 0.2) is 0 Å².